The van der Waals surface area contributed by atoms with E-state index < -0.39 is 97.5 Å². The Morgan fingerprint density at radius 2 is 0.541 bits per heavy atom. The number of esters is 4. The van der Waals surface area contributed by atoms with Crippen LogP contribution in [0.4, 0.5) is 0 Å². The number of ether oxygens (including phenoxy) is 4. The van der Waals surface area contributed by atoms with Gasteiger partial charge in [-0.25, -0.2) is 9.13 Å². The number of carbonyl (C=O) groups excluding carboxylic acids is 4. The predicted octanol–water partition coefficient (Wildman–Crippen LogP) is 21.8. The van der Waals surface area contributed by atoms with E-state index in [1.54, 1.807) is 0 Å². The van der Waals surface area contributed by atoms with Gasteiger partial charge in [0.15, 0.2) is 12.2 Å². The third kappa shape index (κ3) is 70.2. The van der Waals surface area contributed by atoms with Crippen LogP contribution in [-0.4, -0.2) is 96.7 Å². The molecule has 0 bridgehead atoms. The van der Waals surface area contributed by atoms with Crippen molar-refractivity contribution in [2.75, 3.05) is 39.6 Å². The number of hydrogen-bond acceptors (Lipinski definition) is 15. The van der Waals surface area contributed by atoms with Gasteiger partial charge in [0.1, 0.15) is 19.3 Å². The van der Waals surface area contributed by atoms with Gasteiger partial charge in [0.25, 0.3) is 0 Å². The Balaban J connectivity index is 5.39. The Bertz CT molecular complexity index is 2290. The fraction of sp³-hybridized carbons (Fsp3) is 0.722. The highest BCUT2D eigenvalue weighted by molar-refractivity contribution is 7.47. The number of hydrogen-bond donors (Lipinski definition) is 3. The Hall–Kier alpha value is -4.28. The van der Waals surface area contributed by atoms with Crippen LogP contribution in [0.2, 0.25) is 0 Å². The lowest BCUT2D eigenvalue weighted by Crippen LogP contribution is -2.30. The van der Waals surface area contributed by atoms with Crippen molar-refractivity contribution in [3.63, 3.8) is 0 Å². The summed E-state index contributed by atoms with van der Waals surface area (Å²) in [5, 5.41) is 10.6. The molecule has 0 heterocycles. The summed E-state index contributed by atoms with van der Waals surface area (Å²) in [6.07, 6.45) is 75.1. The van der Waals surface area contributed by atoms with Crippen LogP contribution in [0.5, 0.6) is 0 Å². The van der Waals surface area contributed by atoms with Gasteiger partial charge in [-0.2, -0.15) is 0 Å². The molecule has 0 aliphatic carbocycles. The molecular weight excluding hydrogens is 1280 g/mol. The molecule has 3 N–H and O–H groups in total. The van der Waals surface area contributed by atoms with E-state index in [2.05, 4.69) is 125 Å². The van der Waals surface area contributed by atoms with Gasteiger partial charge in [0.2, 0.25) is 0 Å². The number of unbranched alkanes of at least 4 members (excludes halogenated alkanes) is 27. The second-order valence-corrected chi connectivity index (χ2v) is 28.1. The Labute approximate surface area is 594 Å². The lowest BCUT2D eigenvalue weighted by atomic mass is 10.0. The summed E-state index contributed by atoms with van der Waals surface area (Å²) in [6, 6.07) is 0. The maximum absolute atomic E-state index is 13.1. The summed E-state index contributed by atoms with van der Waals surface area (Å²) < 4.78 is 68.4. The minimum Gasteiger partial charge on any atom is -0.462 e. The van der Waals surface area contributed by atoms with Gasteiger partial charge in [-0.15, -0.1) is 0 Å². The highest BCUT2D eigenvalue weighted by Crippen LogP contribution is 2.45. The molecular formula is C79H136O17P2. The van der Waals surface area contributed by atoms with Crippen LogP contribution in [0.15, 0.2) is 109 Å². The molecule has 0 fully saturated rings. The number of allylic oxidation sites excluding steroid dienone is 18. The molecule has 98 heavy (non-hydrogen) atoms. The average molecular weight is 1420 g/mol. The number of carbonyl (C=O) groups is 4. The molecule has 564 valence electrons. The molecule has 0 saturated heterocycles. The third-order valence-corrected chi connectivity index (χ3v) is 17.6. The van der Waals surface area contributed by atoms with Crippen molar-refractivity contribution in [2.45, 2.75) is 329 Å². The quantitative estimate of drug-likeness (QED) is 0.0169. The van der Waals surface area contributed by atoms with E-state index in [1.807, 2.05) is 12.2 Å². The van der Waals surface area contributed by atoms with Gasteiger partial charge < -0.3 is 33.8 Å². The van der Waals surface area contributed by atoms with Crippen molar-refractivity contribution in [3.05, 3.63) is 109 Å². The van der Waals surface area contributed by atoms with E-state index in [4.69, 9.17) is 37.0 Å². The zero-order chi connectivity index (χ0) is 71.8. The molecule has 0 saturated carbocycles. The summed E-state index contributed by atoms with van der Waals surface area (Å²) in [5.74, 6) is -2.26. The topological polar surface area (TPSA) is 237 Å². The minimum atomic E-state index is -4.99. The Morgan fingerprint density at radius 1 is 0.296 bits per heavy atom. The van der Waals surface area contributed by atoms with Gasteiger partial charge in [0.05, 0.1) is 26.4 Å². The predicted molar refractivity (Wildman–Crippen MR) is 399 cm³/mol. The van der Waals surface area contributed by atoms with Gasteiger partial charge in [-0.1, -0.05) is 272 Å². The van der Waals surface area contributed by atoms with Crippen LogP contribution in [0.3, 0.4) is 0 Å². The summed E-state index contributed by atoms with van der Waals surface area (Å²) in [5.41, 5.74) is 0. The molecule has 0 aromatic heterocycles. The highest BCUT2D eigenvalue weighted by Gasteiger charge is 2.30. The van der Waals surface area contributed by atoms with Crippen LogP contribution >= 0.6 is 15.6 Å². The number of phosphoric acid groups is 2. The van der Waals surface area contributed by atoms with Crippen molar-refractivity contribution in [1.82, 2.24) is 0 Å². The SMILES string of the molecule is CC/C=C\C/C=C\C/C=C\C/C=C\C/C=C\CCCC(=O)OCC(COP(=O)(O)OCC(O)COP(=O)(O)OCC(COC(=O)CCCCCCC/C=C\C/C=C\C/C=C\CC)OC(=O)CCCCCCCCCCCCCCC)OC(=O)CCCCCCC/C=C\CCCCCC. The largest absolute Gasteiger partial charge is 0.472 e. The maximum atomic E-state index is 13.1. The molecule has 5 atom stereocenters. The van der Waals surface area contributed by atoms with E-state index in [9.17, 15) is 43.2 Å². The van der Waals surface area contributed by atoms with Crippen molar-refractivity contribution >= 4 is 39.5 Å². The Morgan fingerprint density at radius 3 is 0.878 bits per heavy atom. The van der Waals surface area contributed by atoms with Crippen LogP contribution < -0.4 is 0 Å². The summed E-state index contributed by atoms with van der Waals surface area (Å²) in [7, 11) is -9.97. The summed E-state index contributed by atoms with van der Waals surface area (Å²) in [6.45, 7) is 4.55. The van der Waals surface area contributed by atoms with E-state index in [-0.39, 0.29) is 25.7 Å². The first kappa shape index (κ1) is 93.7. The fourth-order valence-electron chi connectivity index (χ4n) is 9.97. The molecule has 0 rings (SSSR count). The zero-order valence-corrected chi connectivity index (χ0v) is 63.2. The molecule has 19 heteroatoms. The summed E-state index contributed by atoms with van der Waals surface area (Å²) >= 11 is 0. The van der Waals surface area contributed by atoms with Crippen molar-refractivity contribution in [2.24, 2.45) is 0 Å². The molecule has 5 unspecified atom stereocenters. The average Bonchev–Trinajstić information content (AvgIpc) is 0.969. The minimum absolute atomic E-state index is 0.0718. The van der Waals surface area contributed by atoms with Gasteiger partial charge in [0, 0.05) is 25.7 Å². The van der Waals surface area contributed by atoms with Crippen LogP contribution in [0.25, 0.3) is 0 Å². The Kier molecular flexibility index (Phi) is 68.0. The molecule has 17 nitrogen and oxygen atoms in total. The number of aliphatic hydroxyl groups is 1. The molecule has 0 aromatic rings. The van der Waals surface area contributed by atoms with Crippen LogP contribution in [-0.2, 0) is 65.4 Å². The van der Waals surface area contributed by atoms with E-state index >= 15 is 0 Å². The third-order valence-electron chi connectivity index (χ3n) is 15.7. The smallest absolute Gasteiger partial charge is 0.462 e. The summed E-state index contributed by atoms with van der Waals surface area (Å²) in [4.78, 5) is 72.8. The first-order valence-electron chi connectivity index (χ1n) is 38.1. The van der Waals surface area contributed by atoms with Gasteiger partial charge in [-0.05, 0) is 122 Å². The number of phosphoric ester groups is 2. The zero-order valence-electron chi connectivity index (χ0n) is 61.4. The number of aliphatic hydroxyl groups excluding tert-OH is 1. The van der Waals surface area contributed by atoms with Crippen LogP contribution in [0.1, 0.15) is 310 Å². The van der Waals surface area contributed by atoms with E-state index in [0.29, 0.717) is 32.1 Å². The molecule has 0 aliphatic heterocycles. The highest BCUT2D eigenvalue weighted by atomic mass is 31.2. The van der Waals surface area contributed by atoms with Gasteiger partial charge >= 0.3 is 39.5 Å². The molecule has 0 aliphatic rings. The molecule has 0 amide bonds. The fourth-order valence-corrected chi connectivity index (χ4v) is 11.5. The van der Waals surface area contributed by atoms with Crippen LogP contribution in [0, 0.1) is 0 Å². The monoisotopic (exact) mass is 1420 g/mol. The standard InChI is InChI=1S/C79H136O17P2/c1-5-9-13-17-21-25-29-33-35-36-38-42-44-48-52-56-60-64-77(82)90-70-75(96-79(84)66-62-58-54-50-46-40-32-28-24-20-16-12-8-4)72-94-98(87,88)92-68-73(80)67-91-97(85,86)93-71-74(95-78(83)65-61-57-53-49-45-39-31-27-23-19-15-11-7-3)69-89-76(81)63-59-55-51-47-43-41-37-34-30-26-22-18-14-10-6-2/h9-10,13-14,21-22,25-26,28,32-35,37-38,42,48,52,73-75,80H,5-8,11-12,15-20,23-24,27,29-31,36,39-41,43-47,49-51,53-72H2,1-4H3,(H,85,86)(H,87,88)/b13-9-,14-10-,25-21-,26-22-,32-28-,35-33-,37-34-,42-38-,52-48-. The van der Waals surface area contributed by atoms with Crippen molar-refractivity contribution in [1.29, 1.82) is 0 Å². The van der Waals surface area contributed by atoms with E-state index in [1.165, 1.54) is 77.0 Å². The molecule has 0 radical (unpaired) electrons. The lowest BCUT2D eigenvalue weighted by molar-refractivity contribution is -0.161. The van der Waals surface area contributed by atoms with Gasteiger partial charge in [-0.3, -0.25) is 37.3 Å². The lowest BCUT2D eigenvalue weighted by Gasteiger charge is -2.21. The molecule has 0 spiro atoms. The van der Waals surface area contributed by atoms with Crippen molar-refractivity contribution in [3.8, 4) is 0 Å². The first-order valence-corrected chi connectivity index (χ1v) is 41.1. The van der Waals surface area contributed by atoms with Crippen molar-refractivity contribution < 1.29 is 80.2 Å². The van der Waals surface area contributed by atoms with E-state index in [0.717, 1.165) is 148 Å². The second kappa shape index (κ2) is 71.1. The second-order valence-electron chi connectivity index (χ2n) is 25.2. The normalized spacial score (nSPS) is 14.6. The molecule has 0 aromatic carbocycles. The number of rotatable bonds is 71. The first-order chi connectivity index (χ1) is 47.7. The maximum Gasteiger partial charge on any atom is 0.472 e.